The van der Waals surface area contributed by atoms with Gasteiger partial charge in [-0.15, -0.1) is 0 Å². The SMILES string of the molecule is COc1cccnc1C(=O)C1CN2CCN1CC2. The van der Waals surface area contributed by atoms with Crippen LogP contribution in [0.25, 0.3) is 0 Å². The number of fused-ring (bicyclic) bond motifs is 3. The molecule has 4 heterocycles. The second-order valence-corrected chi connectivity index (χ2v) is 4.77. The maximum absolute atomic E-state index is 12.6. The summed E-state index contributed by atoms with van der Waals surface area (Å²) in [6.07, 6.45) is 1.65. The van der Waals surface area contributed by atoms with Crippen molar-refractivity contribution in [2.24, 2.45) is 0 Å². The third kappa shape index (κ3) is 1.89. The Morgan fingerprint density at radius 1 is 1.39 bits per heavy atom. The van der Waals surface area contributed by atoms with E-state index in [0.29, 0.717) is 11.4 Å². The number of Topliss-reactive ketones (excluding diaryl/α,β-unsaturated/α-hetero) is 1. The summed E-state index contributed by atoms with van der Waals surface area (Å²) in [4.78, 5) is 21.4. The maximum Gasteiger partial charge on any atom is 0.203 e. The molecule has 0 aromatic carbocycles. The highest BCUT2D eigenvalue weighted by molar-refractivity contribution is 6.01. The van der Waals surface area contributed by atoms with Crippen molar-refractivity contribution >= 4 is 5.78 Å². The lowest BCUT2D eigenvalue weighted by atomic mass is 10.0. The van der Waals surface area contributed by atoms with Crippen LogP contribution in [0, 0.1) is 0 Å². The van der Waals surface area contributed by atoms with E-state index >= 15 is 0 Å². The molecule has 3 saturated heterocycles. The zero-order valence-corrected chi connectivity index (χ0v) is 10.5. The van der Waals surface area contributed by atoms with Gasteiger partial charge in [-0.05, 0) is 12.1 Å². The molecule has 3 aliphatic rings. The Morgan fingerprint density at radius 3 is 2.78 bits per heavy atom. The molecule has 0 amide bonds. The molecule has 18 heavy (non-hydrogen) atoms. The summed E-state index contributed by atoms with van der Waals surface area (Å²) in [7, 11) is 1.57. The number of ether oxygens (including phenoxy) is 1. The van der Waals surface area contributed by atoms with Gasteiger partial charge >= 0.3 is 0 Å². The van der Waals surface area contributed by atoms with Crippen molar-refractivity contribution in [1.29, 1.82) is 0 Å². The van der Waals surface area contributed by atoms with Gasteiger partial charge in [0.25, 0.3) is 0 Å². The molecule has 5 nitrogen and oxygen atoms in total. The van der Waals surface area contributed by atoms with Crippen LogP contribution in [0.5, 0.6) is 5.75 Å². The Morgan fingerprint density at radius 2 is 2.17 bits per heavy atom. The zero-order valence-electron chi connectivity index (χ0n) is 10.5. The van der Waals surface area contributed by atoms with Crippen LogP contribution in [-0.2, 0) is 0 Å². The first-order valence-electron chi connectivity index (χ1n) is 6.29. The number of nitrogens with zero attached hydrogens (tertiary/aromatic N) is 3. The monoisotopic (exact) mass is 247 g/mol. The smallest absolute Gasteiger partial charge is 0.203 e. The maximum atomic E-state index is 12.6. The number of pyridine rings is 1. The number of rotatable bonds is 3. The minimum atomic E-state index is -0.0590. The van der Waals surface area contributed by atoms with Crippen molar-refractivity contribution in [3.8, 4) is 5.75 Å². The fourth-order valence-electron chi connectivity index (χ4n) is 2.76. The highest BCUT2D eigenvalue weighted by Gasteiger charge is 2.37. The van der Waals surface area contributed by atoms with E-state index in [4.69, 9.17) is 4.74 Å². The van der Waals surface area contributed by atoms with Crippen molar-refractivity contribution in [2.75, 3.05) is 39.8 Å². The molecule has 3 aliphatic heterocycles. The molecule has 4 rings (SSSR count). The highest BCUT2D eigenvalue weighted by atomic mass is 16.5. The van der Waals surface area contributed by atoms with Gasteiger partial charge in [-0.2, -0.15) is 0 Å². The van der Waals surface area contributed by atoms with Crippen LogP contribution >= 0.6 is 0 Å². The molecule has 1 aromatic rings. The number of carbonyl (C=O) groups excluding carboxylic acids is 1. The Labute approximate surface area is 106 Å². The molecule has 1 aromatic heterocycles. The number of aromatic nitrogens is 1. The summed E-state index contributed by atoms with van der Waals surface area (Å²) in [5.74, 6) is 0.650. The number of methoxy groups -OCH3 is 1. The normalized spacial score (nSPS) is 30.2. The van der Waals surface area contributed by atoms with Crippen molar-refractivity contribution < 1.29 is 9.53 Å². The number of hydrogen-bond donors (Lipinski definition) is 0. The van der Waals surface area contributed by atoms with E-state index in [1.165, 1.54) is 0 Å². The van der Waals surface area contributed by atoms with E-state index in [0.717, 1.165) is 32.7 Å². The van der Waals surface area contributed by atoms with Crippen molar-refractivity contribution in [2.45, 2.75) is 6.04 Å². The molecular weight excluding hydrogens is 230 g/mol. The molecule has 2 bridgehead atoms. The van der Waals surface area contributed by atoms with E-state index in [2.05, 4.69) is 14.8 Å². The molecule has 0 saturated carbocycles. The predicted octanol–water partition coefficient (Wildman–Crippen LogP) is 0.273. The molecular formula is C13H17N3O2. The average Bonchev–Trinajstić information content (AvgIpc) is 2.47. The molecule has 0 spiro atoms. The fraction of sp³-hybridized carbons (Fsp3) is 0.538. The molecule has 0 aliphatic carbocycles. The number of piperazine rings is 3. The second kappa shape index (κ2) is 4.66. The lowest BCUT2D eigenvalue weighted by molar-refractivity contribution is 0.0155. The summed E-state index contributed by atoms with van der Waals surface area (Å²) in [5, 5.41) is 0. The second-order valence-electron chi connectivity index (χ2n) is 4.77. The summed E-state index contributed by atoms with van der Waals surface area (Å²) in [6, 6.07) is 3.51. The summed E-state index contributed by atoms with van der Waals surface area (Å²) in [5.41, 5.74) is 0.457. The molecule has 96 valence electrons. The lowest BCUT2D eigenvalue weighted by Gasteiger charge is -2.46. The predicted molar refractivity (Wildman–Crippen MR) is 66.9 cm³/mol. The van der Waals surface area contributed by atoms with Crippen LogP contribution in [0.4, 0.5) is 0 Å². The van der Waals surface area contributed by atoms with E-state index in [1.807, 2.05) is 0 Å². The molecule has 5 heteroatoms. The molecule has 0 radical (unpaired) electrons. The quantitative estimate of drug-likeness (QED) is 0.718. The lowest BCUT2D eigenvalue weighted by Crippen LogP contribution is -2.63. The van der Waals surface area contributed by atoms with Crippen LogP contribution < -0.4 is 4.74 Å². The van der Waals surface area contributed by atoms with Crippen molar-refractivity contribution in [1.82, 2.24) is 14.8 Å². The van der Waals surface area contributed by atoms with Crippen molar-refractivity contribution in [3.63, 3.8) is 0 Å². The Balaban J connectivity index is 1.86. The summed E-state index contributed by atoms with van der Waals surface area (Å²) >= 11 is 0. The summed E-state index contributed by atoms with van der Waals surface area (Å²) < 4.78 is 5.22. The Bertz CT molecular complexity index is 455. The van der Waals surface area contributed by atoms with E-state index in [-0.39, 0.29) is 11.8 Å². The van der Waals surface area contributed by atoms with Crippen LogP contribution in [0.2, 0.25) is 0 Å². The number of ketones is 1. The third-order valence-corrected chi connectivity index (χ3v) is 3.81. The molecule has 1 unspecified atom stereocenters. The van der Waals surface area contributed by atoms with Crippen LogP contribution in [0.3, 0.4) is 0 Å². The van der Waals surface area contributed by atoms with Gasteiger partial charge in [0.15, 0.2) is 0 Å². The average molecular weight is 247 g/mol. The third-order valence-electron chi connectivity index (χ3n) is 3.81. The largest absolute Gasteiger partial charge is 0.494 e. The fourth-order valence-corrected chi connectivity index (χ4v) is 2.76. The van der Waals surface area contributed by atoms with Crippen LogP contribution in [0.15, 0.2) is 18.3 Å². The van der Waals surface area contributed by atoms with Gasteiger partial charge in [0.05, 0.1) is 13.2 Å². The van der Waals surface area contributed by atoms with Crippen molar-refractivity contribution in [3.05, 3.63) is 24.0 Å². The van der Waals surface area contributed by atoms with Gasteiger partial charge in [-0.25, -0.2) is 4.98 Å². The number of carbonyl (C=O) groups is 1. The highest BCUT2D eigenvalue weighted by Crippen LogP contribution is 2.22. The van der Waals surface area contributed by atoms with Gasteiger partial charge in [-0.3, -0.25) is 14.6 Å². The standard InChI is InChI=1S/C13H17N3O2/c1-18-11-3-2-4-14-12(11)13(17)10-9-15-5-7-16(10)8-6-15/h2-4,10H,5-9H2,1H3. The Kier molecular flexibility index (Phi) is 3.01. The first-order valence-corrected chi connectivity index (χ1v) is 6.29. The van der Waals surface area contributed by atoms with Gasteiger partial charge in [-0.1, -0.05) is 0 Å². The van der Waals surface area contributed by atoms with Crippen LogP contribution in [0.1, 0.15) is 10.5 Å². The molecule has 3 fully saturated rings. The van der Waals surface area contributed by atoms with Gasteiger partial charge in [0, 0.05) is 38.9 Å². The van der Waals surface area contributed by atoms with E-state index in [9.17, 15) is 4.79 Å². The zero-order chi connectivity index (χ0) is 12.5. The first-order chi connectivity index (χ1) is 8.79. The van der Waals surface area contributed by atoms with E-state index in [1.54, 1.807) is 25.4 Å². The number of hydrogen-bond acceptors (Lipinski definition) is 5. The topological polar surface area (TPSA) is 45.7 Å². The minimum Gasteiger partial charge on any atom is -0.494 e. The van der Waals surface area contributed by atoms with Gasteiger partial charge in [0.2, 0.25) is 5.78 Å². The Hall–Kier alpha value is -1.46. The molecule has 1 atom stereocenters. The van der Waals surface area contributed by atoms with Crippen LogP contribution in [-0.4, -0.2) is 66.4 Å². The molecule has 0 N–H and O–H groups in total. The van der Waals surface area contributed by atoms with Gasteiger partial charge in [0.1, 0.15) is 11.4 Å². The minimum absolute atomic E-state index is 0.0590. The summed E-state index contributed by atoms with van der Waals surface area (Å²) in [6.45, 7) is 4.92. The van der Waals surface area contributed by atoms with E-state index < -0.39 is 0 Å². The van der Waals surface area contributed by atoms with Gasteiger partial charge < -0.3 is 4.74 Å². The first kappa shape index (κ1) is 11.6.